The van der Waals surface area contributed by atoms with Crippen LogP contribution in [0.1, 0.15) is 45.7 Å². The number of allylic oxidation sites excluding steroid dienone is 1. The van der Waals surface area contributed by atoms with Crippen molar-refractivity contribution in [2.75, 3.05) is 18.4 Å². The lowest BCUT2D eigenvalue weighted by molar-refractivity contribution is -0.126. The third kappa shape index (κ3) is 4.96. The number of carbonyl (C=O) groups excluding carboxylic acids is 2. The van der Waals surface area contributed by atoms with E-state index in [-0.39, 0.29) is 11.9 Å². The Balaban J connectivity index is 1.58. The predicted molar refractivity (Wildman–Crippen MR) is 128 cm³/mol. The maximum Gasteiger partial charge on any atom is 0.407 e. The third-order valence-electron chi connectivity index (χ3n) is 5.59. The fourth-order valence-electron chi connectivity index (χ4n) is 4.18. The highest BCUT2D eigenvalue weighted by Crippen LogP contribution is 2.38. The van der Waals surface area contributed by atoms with Gasteiger partial charge in [-0.2, -0.15) is 5.10 Å². The molecule has 2 aliphatic rings. The fraction of sp³-hybridized carbons (Fsp3) is 0.435. The van der Waals surface area contributed by atoms with Gasteiger partial charge in [-0.3, -0.25) is 4.79 Å². The maximum atomic E-state index is 13.7. The molecule has 3 heterocycles. The van der Waals surface area contributed by atoms with Crippen molar-refractivity contribution >= 4 is 41.0 Å². The smallest absolute Gasteiger partial charge is 0.407 e. The lowest BCUT2D eigenvalue weighted by atomic mass is 9.94. The van der Waals surface area contributed by atoms with Gasteiger partial charge >= 0.3 is 6.09 Å². The molecule has 0 spiro atoms. The molecule has 2 aromatic rings. The van der Waals surface area contributed by atoms with Crippen LogP contribution in [0.2, 0.25) is 10.0 Å². The second-order valence-electron chi connectivity index (χ2n) is 9.28. The number of benzene rings is 1. The van der Waals surface area contributed by atoms with E-state index in [9.17, 15) is 9.59 Å². The molecule has 1 saturated heterocycles. The van der Waals surface area contributed by atoms with Crippen LogP contribution in [0.25, 0.3) is 0 Å². The van der Waals surface area contributed by atoms with E-state index in [2.05, 4.69) is 15.7 Å². The van der Waals surface area contributed by atoms with Crippen LogP contribution >= 0.6 is 23.2 Å². The van der Waals surface area contributed by atoms with Crippen molar-refractivity contribution in [2.45, 2.75) is 51.8 Å². The van der Waals surface area contributed by atoms with Gasteiger partial charge in [0.1, 0.15) is 17.5 Å². The van der Waals surface area contributed by atoms with Gasteiger partial charge in [0.05, 0.1) is 27.9 Å². The van der Waals surface area contributed by atoms with E-state index in [1.54, 1.807) is 27.9 Å². The Bertz CT molecular complexity index is 1120. The molecule has 2 amide bonds. The maximum absolute atomic E-state index is 13.7. The summed E-state index contributed by atoms with van der Waals surface area (Å²) in [4.78, 5) is 27.6. The SMILES string of the molecule is CC1=C(C(=O)N2CC[C@@H](NC(=O)OC(C)(C)C)C2)C(c2ccc(Cl)c(Cl)c2)n2nccc2N1. The predicted octanol–water partition coefficient (Wildman–Crippen LogP) is 4.60. The fourth-order valence-corrected chi connectivity index (χ4v) is 4.49. The first kappa shape index (κ1) is 23.4. The number of aromatic nitrogens is 2. The van der Waals surface area contributed by atoms with Gasteiger partial charge in [0.25, 0.3) is 5.91 Å². The molecule has 0 radical (unpaired) electrons. The molecule has 0 aliphatic carbocycles. The number of amides is 2. The quantitative estimate of drug-likeness (QED) is 0.654. The highest BCUT2D eigenvalue weighted by molar-refractivity contribution is 6.42. The largest absolute Gasteiger partial charge is 0.444 e. The topological polar surface area (TPSA) is 88.5 Å². The van der Waals surface area contributed by atoms with Crippen LogP contribution in [-0.4, -0.2) is 51.4 Å². The Kier molecular flexibility index (Phi) is 6.33. The zero-order valence-electron chi connectivity index (χ0n) is 19.0. The Morgan fingerprint density at radius 1 is 1.21 bits per heavy atom. The first-order valence-electron chi connectivity index (χ1n) is 10.8. The van der Waals surface area contributed by atoms with Crippen LogP contribution < -0.4 is 10.6 Å². The number of anilines is 1. The second-order valence-corrected chi connectivity index (χ2v) is 10.1. The van der Waals surface area contributed by atoms with E-state index < -0.39 is 17.7 Å². The second kappa shape index (κ2) is 8.91. The standard InChI is InChI=1S/C23H27Cl2N5O3/c1-13-19(21(31)29-10-8-15(12-29)28-22(32)33-23(2,3)4)20(30-18(27-13)7-9-26-30)14-5-6-16(24)17(25)11-14/h5-7,9,11,15,20,27H,8,10,12H2,1-4H3,(H,28,32)/t15-,20?/m1/s1. The van der Waals surface area contributed by atoms with E-state index >= 15 is 0 Å². The summed E-state index contributed by atoms with van der Waals surface area (Å²) in [5.74, 6) is 0.664. The molecule has 1 unspecified atom stereocenters. The monoisotopic (exact) mass is 491 g/mol. The molecule has 0 bridgehead atoms. The number of alkyl carbamates (subject to hydrolysis) is 1. The van der Waals surface area contributed by atoms with Gasteiger partial charge in [-0.05, 0) is 51.8 Å². The van der Waals surface area contributed by atoms with Crippen molar-refractivity contribution in [1.29, 1.82) is 0 Å². The summed E-state index contributed by atoms with van der Waals surface area (Å²) < 4.78 is 7.12. The number of rotatable bonds is 3. The number of fused-ring (bicyclic) bond motifs is 1. The summed E-state index contributed by atoms with van der Waals surface area (Å²) >= 11 is 12.4. The number of nitrogens with zero attached hydrogens (tertiary/aromatic N) is 3. The molecule has 176 valence electrons. The summed E-state index contributed by atoms with van der Waals surface area (Å²) in [6.45, 7) is 8.24. The summed E-state index contributed by atoms with van der Waals surface area (Å²) in [5.41, 5.74) is 1.54. The summed E-state index contributed by atoms with van der Waals surface area (Å²) in [5, 5.41) is 11.4. The molecule has 2 atom stereocenters. The Morgan fingerprint density at radius 3 is 2.67 bits per heavy atom. The number of carbonyl (C=O) groups is 2. The lowest BCUT2D eigenvalue weighted by Crippen LogP contribution is -2.42. The van der Waals surface area contributed by atoms with E-state index in [1.165, 1.54) is 0 Å². The molecule has 0 saturated carbocycles. The van der Waals surface area contributed by atoms with Crippen LogP contribution in [0.4, 0.5) is 10.6 Å². The van der Waals surface area contributed by atoms with Gasteiger partial charge in [-0.1, -0.05) is 29.3 Å². The molecule has 2 N–H and O–H groups in total. The molecule has 4 rings (SSSR count). The van der Waals surface area contributed by atoms with Gasteiger partial charge in [0, 0.05) is 24.9 Å². The van der Waals surface area contributed by atoms with Crippen LogP contribution in [0, 0.1) is 0 Å². The van der Waals surface area contributed by atoms with E-state index in [4.69, 9.17) is 27.9 Å². The molecule has 8 nitrogen and oxygen atoms in total. The van der Waals surface area contributed by atoms with Crippen LogP contribution in [0.15, 0.2) is 41.7 Å². The molecule has 10 heteroatoms. The number of halogens is 2. The van der Waals surface area contributed by atoms with Gasteiger partial charge in [-0.15, -0.1) is 0 Å². The molecule has 1 fully saturated rings. The minimum absolute atomic E-state index is 0.120. The minimum Gasteiger partial charge on any atom is -0.444 e. The summed E-state index contributed by atoms with van der Waals surface area (Å²) in [6, 6.07) is 6.56. The van der Waals surface area contributed by atoms with Crippen molar-refractivity contribution in [1.82, 2.24) is 20.0 Å². The number of hydrogen-bond donors (Lipinski definition) is 2. The molecule has 33 heavy (non-hydrogen) atoms. The Labute approximate surface area is 202 Å². The van der Waals surface area contributed by atoms with Crippen molar-refractivity contribution in [3.63, 3.8) is 0 Å². The van der Waals surface area contributed by atoms with Gasteiger partial charge in [0.2, 0.25) is 0 Å². The number of hydrogen-bond acceptors (Lipinski definition) is 5. The third-order valence-corrected chi connectivity index (χ3v) is 6.33. The number of likely N-dealkylation sites (tertiary alicyclic amines) is 1. The van der Waals surface area contributed by atoms with Crippen LogP contribution in [0.3, 0.4) is 0 Å². The van der Waals surface area contributed by atoms with E-state index in [1.807, 2.05) is 39.8 Å². The van der Waals surface area contributed by atoms with Crippen LogP contribution in [-0.2, 0) is 9.53 Å². The van der Waals surface area contributed by atoms with Crippen molar-refractivity contribution in [3.8, 4) is 0 Å². The van der Waals surface area contributed by atoms with Crippen molar-refractivity contribution < 1.29 is 14.3 Å². The average Bonchev–Trinajstić information content (AvgIpc) is 3.36. The Hall–Kier alpha value is -2.71. The first-order valence-corrected chi connectivity index (χ1v) is 11.5. The average molecular weight is 492 g/mol. The lowest BCUT2D eigenvalue weighted by Gasteiger charge is -2.32. The van der Waals surface area contributed by atoms with E-state index in [0.717, 1.165) is 17.1 Å². The summed E-state index contributed by atoms with van der Waals surface area (Å²) in [6.07, 6.45) is 1.85. The highest BCUT2D eigenvalue weighted by atomic mass is 35.5. The highest BCUT2D eigenvalue weighted by Gasteiger charge is 2.37. The molecule has 1 aromatic heterocycles. The van der Waals surface area contributed by atoms with Gasteiger partial charge < -0.3 is 20.3 Å². The van der Waals surface area contributed by atoms with Gasteiger partial charge in [0.15, 0.2) is 0 Å². The number of ether oxygens (including phenoxy) is 1. The zero-order valence-corrected chi connectivity index (χ0v) is 20.5. The normalized spacial score (nSPS) is 20.4. The Morgan fingerprint density at radius 2 is 1.97 bits per heavy atom. The zero-order chi connectivity index (χ0) is 23.9. The molecular weight excluding hydrogens is 465 g/mol. The molecular formula is C23H27Cl2N5O3. The minimum atomic E-state index is -0.581. The molecule has 1 aromatic carbocycles. The van der Waals surface area contributed by atoms with Gasteiger partial charge in [-0.25, -0.2) is 9.48 Å². The summed E-state index contributed by atoms with van der Waals surface area (Å²) in [7, 11) is 0. The van der Waals surface area contributed by atoms with Crippen molar-refractivity contribution in [2.24, 2.45) is 0 Å². The van der Waals surface area contributed by atoms with Crippen molar-refractivity contribution in [3.05, 3.63) is 57.3 Å². The van der Waals surface area contributed by atoms with Crippen LogP contribution in [0.5, 0.6) is 0 Å². The first-order chi connectivity index (χ1) is 15.5. The molecule has 2 aliphatic heterocycles. The number of nitrogens with one attached hydrogen (secondary N) is 2. The van der Waals surface area contributed by atoms with E-state index in [0.29, 0.717) is 35.1 Å².